The Morgan fingerprint density at radius 2 is 2.12 bits per heavy atom. The summed E-state index contributed by atoms with van der Waals surface area (Å²) in [7, 11) is 0. The van der Waals surface area contributed by atoms with E-state index in [0.717, 1.165) is 44.3 Å². The first-order chi connectivity index (χ1) is 11.7. The molecule has 0 bridgehead atoms. The number of nitrogens with one attached hydrogen (secondary N) is 3. The van der Waals surface area contributed by atoms with Crippen molar-refractivity contribution >= 4 is 30.2 Å². The fraction of sp³-hybridized carbons (Fsp3) is 0.812. The number of hydrogen-bond donors (Lipinski definition) is 3. The summed E-state index contributed by atoms with van der Waals surface area (Å²) in [4.78, 5) is 33.0. The van der Waals surface area contributed by atoms with Gasteiger partial charge in [0, 0.05) is 24.0 Å². The van der Waals surface area contributed by atoms with Crippen LogP contribution >= 0.6 is 11.8 Å². The predicted molar refractivity (Wildman–Crippen MR) is 92.8 cm³/mol. The largest absolute Gasteiger partial charge is 0.468 e. The molecule has 0 spiro atoms. The van der Waals surface area contributed by atoms with Crippen LogP contribution < -0.4 is 16.0 Å². The molecule has 7 nitrogen and oxygen atoms in total. The number of urea groups is 1. The quantitative estimate of drug-likeness (QED) is 0.277. The Morgan fingerprint density at radius 1 is 1.25 bits per heavy atom. The van der Waals surface area contributed by atoms with Gasteiger partial charge in [-0.05, 0) is 32.1 Å². The van der Waals surface area contributed by atoms with Crippen LogP contribution in [0.5, 0.6) is 0 Å². The summed E-state index contributed by atoms with van der Waals surface area (Å²) in [5.41, 5.74) is 0. The van der Waals surface area contributed by atoms with Crippen molar-refractivity contribution in [3.63, 3.8) is 0 Å². The molecule has 2 fully saturated rings. The number of amides is 3. The summed E-state index contributed by atoms with van der Waals surface area (Å²) in [5, 5.41) is 9.32. The van der Waals surface area contributed by atoms with Crippen LogP contribution in [0.4, 0.5) is 4.79 Å². The molecule has 0 aromatic carbocycles. The van der Waals surface area contributed by atoms with Crippen molar-refractivity contribution in [1.29, 1.82) is 0 Å². The fourth-order valence-electron chi connectivity index (χ4n) is 3.13. The third kappa shape index (κ3) is 6.22. The van der Waals surface area contributed by atoms with Crippen LogP contribution in [0, 0.1) is 0 Å². The van der Waals surface area contributed by atoms with Gasteiger partial charge in [0.2, 0.25) is 5.91 Å². The molecule has 3 N–H and O–H groups in total. The summed E-state index contributed by atoms with van der Waals surface area (Å²) >= 11 is 1.91. The second kappa shape index (κ2) is 10.4. The van der Waals surface area contributed by atoms with Crippen molar-refractivity contribution in [1.82, 2.24) is 16.0 Å². The van der Waals surface area contributed by atoms with Gasteiger partial charge >= 0.3 is 6.03 Å². The molecule has 0 aliphatic carbocycles. The Labute approximate surface area is 147 Å². The molecule has 2 saturated heterocycles. The molecule has 0 aromatic rings. The van der Waals surface area contributed by atoms with E-state index < -0.39 is 0 Å². The molecule has 24 heavy (non-hydrogen) atoms. The first-order valence-electron chi connectivity index (χ1n) is 8.71. The number of hydrogen-bond acceptors (Lipinski definition) is 5. The number of fused-ring (bicyclic) bond motifs is 1. The highest BCUT2D eigenvalue weighted by Crippen LogP contribution is 2.33. The normalized spacial score (nSPS) is 24.8. The molecule has 3 atom stereocenters. The zero-order chi connectivity index (χ0) is 17.2. The van der Waals surface area contributed by atoms with E-state index in [0.29, 0.717) is 31.3 Å². The standard InChI is InChI=1S/C16H27N3O4S/c20-11-23-9-5-1-4-8-17-14(21)7-3-2-6-13-15-12(10-24-13)18-16(22)19-15/h11-13,15H,1-10H2,(H,17,21)(H2,18,19,22)/t12-,13-,15-/m0/s1. The topological polar surface area (TPSA) is 96.5 Å². The molecule has 3 amide bonds. The Bertz CT molecular complexity index is 436. The molecule has 0 saturated carbocycles. The van der Waals surface area contributed by atoms with Gasteiger partial charge in [-0.15, -0.1) is 0 Å². The fourth-order valence-corrected chi connectivity index (χ4v) is 4.67. The first kappa shape index (κ1) is 18.9. The van der Waals surface area contributed by atoms with Gasteiger partial charge in [-0.25, -0.2) is 4.79 Å². The van der Waals surface area contributed by atoms with Crippen LogP contribution in [-0.4, -0.2) is 54.6 Å². The molecule has 0 radical (unpaired) electrons. The van der Waals surface area contributed by atoms with Gasteiger partial charge < -0.3 is 20.7 Å². The van der Waals surface area contributed by atoms with Gasteiger partial charge in [-0.1, -0.05) is 6.42 Å². The Balaban J connectivity index is 1.44. The number of thioether (sulfide) groups is 1. The molecule has 136 valence electrons. The summed E-state index contributed by atoms with van der Waals surface area (Å²) in [6, 6.07) is 0.472. The molecule has 2 aliphatic rings. The van der Waals surface area contributed by atoms with Crippen molar-refractivity contribution in [2.45, 2.75) is 62.3 Å². The number of unbranched alkanes of at least 4 members (excludes halogenated alkanes) is 3. The highest BCUT2D eigenvalue weighted by molar-refractivity contribution is 8.00. The lowest BCUT2D eigenvalue weighted by atomic mass is 10.0. The maximum Gasteiger partial charge on any atom is 0.315 e. The maximum atomic E-state index is 11.7. The minimum absolute atomic E-state index is 0.0487. The number of ether oxygens (including phenoxy) is 1. The zero-order valence-corrected chi connectivity index (χ0v) is 14.7. The van der Waals surface area contributed by atoms with Crippen molar-refractivity contribution in [3.05, 3.63) is 0 Å². The van der Waals surface area contributed by atoms with E-state index in [1.807, 2.05) is 11.8 Å². The van der Waals surface area contributed by atoms with E-state index in [2.05, 4.69) is 20.7 Å². The van der Waals surface area contributed by atoms with Crippen LogP contribution in [0.3, 0.4) is 0 Å². The summed E-state index contributed by atoms with van der Waals surface area (Å²) < 4.78 is 4.60. The third-order valence-corrected chi connectivity index (χ3v) is 5.92. The molecule has 2 rings (SSSR count). The van der Waals surface area contributed by atoms with E-state index in [-0.39, 0.29) is 24.0 Å². The monoisotopic (exact) mass is 357 g/mol. The second-order valence-corrected chi connectivity index (χ2v) is 7.52. The lowest BCUT2D eigenvalue weighted by Crippen LogP contribution is -2.36. The Hall–Kier alpha value is -1.44. The van der Waals surface area contributed by atoms with Gasteiger partial charge in [-0.3, -0.25) is 9.59 Å². The summed E-state index contributed by atoms with van der Waals surface area (Å²) in [5.74, 6) is 1.08. The van der Waals surface area contributed by atoms with Crippen molar-refractivity contribution in [2.24, 2.45) is 0 Å². The summed E-state index contributed by atoms with van der Waals surface area (Å²) in [6.07, 6.45) is 6.17. The molecule has 0 aromatic heterocycles. The second-order valence-electron chi connectivity index (χ2n) is 6.25. The van der Waals surface area contributed by atoms with Crippen LogP contribution in [-0.2, 0) is 14.3 Å². The van der Waals surface area contributed by atoms with Gasteiger partial charge in [0.25, 0.3) is 6.47 Å². The molecular formula is C16H27N3O4S. The third-order valence-electron chi connectivity index (χ3n) is 4.41. The lowest BCUT2D eigenvalue weighted by molar-refractivity contribution is -0.128. The highest BCUT2D eigenvalue weighted by atomic mass is 32.2. The average molecular weight is 357 g/mol. The minimum atomic E-state index is -0.0487. The van der Waals surface area contributed by atoms with E-state index in [9.17, 15) is 14.4 Å². The van der Waals surface area contributed by atoms with Crippen LogP contribution in [0.2, 0.25) is 0 Å². The van der Waals surface area contributed by atoms with E-state index in [1.165, 1.54) is 0 Å². The van der Waals surface area contributed by atoms with Crippen LogP contribution in [0.25, 0.3) is 0 Å². The smallest absolute Gasteiger partial charge is 0.315 e. The van der Waals surface area contributed by atoms with Crippen molar-refractivity contribution < 1.29 is 19.1 Å². The number of carbonyl (C=O) groups excluding carboxylic acids is 3. The maximum absolute atomic E-state index is 11.7. The van der Waals surface area contributed by atoms with Crippen LogP contribution in [0.15, 0.2) is 0 Å². The van der Waals surface area contributed by atoms with Gasteiger partial charge in [0.15, 0.2) is 0 Å². The Kier molecular flexibility index (Phi) is 8.21. The van der Waals surface area contributed by atoms with Crippen molar-refractivity contribution in [2.75, 3.05) is 18.9 Å². The van der Waals surface area contributed by atoms with E-state index in [1.54, 1.807) is 0 Å². The van der Waals surface area contributed by atoms with E-state index in [4.69, 9.17) is 0 Å². The lowest BCUT2D eigenvalue weighted by Gasteiger charge is -2.16. The molecule has 2 heterocycles. The Morgan fingerprint density at radius 3 is 2.96 bits per heavy atom. The molecular weight excluding hydrogens is 330 g/mol. The van der Waals surface area contributed by atoms with Gasteiger partial charge in [0.1, 0.15) is 0 Å². The summed E-state index contributed by atoms with van der Waals surface area (Å²) in [6.45, 7) is 1.59. The van der Waals surface area contributed by atoms with Gasteiger partial charge in [0.05, 0.1) is 18.7 Å². The highest BCUT2D eigenvalue weighted by Gasteiger charge is 2.42. The van der Waals surface area contributed by atoms with E-state index >= 15 is 0 Å². The molecule has 0 unspecified atom stereocenters. The van der Waals surface area contributed by atoms with Crippen LogP contribution in [0.1, 0.15) is 44.9 Å². The molecule has 2 aliphatic heterocycles. The SMILES string of the molecule is O=COCCCCCNC(=O)CCCC[C@@H]1SC[C@@H]2NC(=O)N[C@@H]21. The average Bonchev–Trinajstić information content (AvgIpc) is 3.10. The number of rotatable bonds is 12. The van der Waals surface area contributed by atoms with Gasteiger partial charge in [-0.2, -0.15) is 11.8 Å². The van der Waals surface area contributed by atoms with Crippen molar-refractivity contribution in [3.8, 4) is 0 Å². The first-order valence-corrected chi connectivity index (χ1v) is 9.76. The predicted octanol–water partition coefficient (Wildman–Crippen LogP) is 1.17. The zero-order valence-electron chi connectivity index (χ0n) is 13.9. The molecule has 8 heteroatoms. The minimum Gasteiger partial charge on any atom is -0.468 e. The number of carbonyl (C=O) groups is 3.